The predicted octanol–water partition coefficient (Wildman–Crippen LogP) is 3.01. The number of carbonyl (C=O) groups excluding carboxylic acids is 1. The first-order chi connectivity index (χ1) is 7.86. The summed E-state index contributed by atoms with van der Waals surface area (Å²) in [6.07, 6.45) is 1.36. The van der Waals surface area contributed by atoms with E-state index in [0.717, 1.165) is 12.0 Å². The third-order valence-electron chi connectivity index (χ3n) is 2.66. The molecule has 3 N–H and O–H groups in total. The van der Waals surface area contributed by atoms with Crippen molar-refractivity contribution in [2.24, 2.45) is 5.73 Å². The number of rotatable bonds is 4. The fourth-order valence-electron chi connectivity index (χ4n) is 1.62. The summed E-state index contributed by atoms with van der Waals surface area (Å²) >= 11 is 0. The van der Waals surface area contributed by atoms with Gasteiger partial charge < -0.3 is 11.1 Å². The van der Waals surface area contributed by atoms with Gasteiger partial charge in [-0.2, -0.15) is 0 Å². The molecule has 0 radical (unpaired) electrons. The van der Waals surface area contributed by atoms with Crippen LogP contribution in [0, 0.1) is 12.7 Å². The molecule has 1 atom stereocenters. The lowest BCUT2D eigenvalue weighted by atomic mass is 9.96. The second-order valence-corrected chi connectivity index (χ2v) is 4.60. The third-order valence-corrected chi connectivity index (χ3v) is 2.66. The van der Waals surface area contributed by atoms with E-state index >= 15 is 0 Å². The summed E-state index contributed by atoms with van der Waals surface area (Å²) in [7, 11) is 0. The van der Waals surface area contributed by atoms with Crippen LogP contribution in [0.25, 0.3) is 0 Å². The zero-order valence-electron chi connectivity index (χ0n) is 10.9. The maximum Gasteiger partial charge on any atom is 0.244 e. The normalized spacial score (nSPS) is 13.4. The molecule has 0 bridgehead atoms. The third kappa shape index (κ3) is 4.27. The molecule has 0 saturated heterocycles. The minimum absolute atomic E-state index is 0. The number of aryl methyl sites for hydroxylation is 1. The van der Waals surface area contributed by atoms with Crippen LogP contribution < -0.4 is 11.1 Å². The van der Waals surface area contributed by atoms with E-state index in [0.29, 0.717) is 6.42 Å². The number of benzene rings is 1. The number of hydrogen-bond donors (Lipinski definition) is 2. The number of carbonyl (C=O) groups is 1. The van der Waals surface area contributed by atoms with Gasteiger partial charge in [0.15, 0.2) is 0 Å². The quantitative estimate of drug-likeness (QED) is 0.887. The molecule has 0 aliphatic carbocycles. The molecule has 1 rings (SSSR count). The highest BCUT2D eigenvalue weighted by molar-refractivity contribution is 5.97. The van der Waals surface area contributed by atoms with Crippen LogP contribution in [0.4, 0.5) is 10.1 Å². The molecular weight excluding hydrogens is 255 g/mol. The molecule has 0 aromatic heterocycles. The van der Waals surface area contributed by atoms with Crippen LogP contribution in [0.3, 0.4) is 0 Å². The summed E-state index contributed by atoms with van der Waals surface area (Å²) in [5, 5.41) is 2.52. The molecule has 1 aromatic rings. The average molecular weight is 275 g/mol. The van der Waals surface area contributed by atoms with Crippen molar-refractivity contribution in [1.82, 2.24) is 0 Å². The number of anilines is 1. The Kier molecular flexibility index (Phi) is 6.29. The van der Waals surface area contributed by atoms with Gasteiger partial charge >= 0.3 is 0 Å². The maximum absolute atomic E-state index is 13.5. The van der Waals surface area contributed by atoms with E-state index in [9.17, 15) is 9.18 Å². The molecule has 0 fully saturated rings. The first-order valence-electron chi connectivity index (χ1n) is 5.73. The number of nitrogens with one attached hydrogen (secondary N) is 1. The van der Waals surface area contributed by atoms with E-state index in [4.69, 9.17) is 5.73 Å². The molecule has 0 saturated carbocycles. The Morgan fingerprint density at radius 3 is 2.61 bits per heavy atom. The van der Waals surface area contributed by atoms with Gasteiger partial charge in [0, 0.05) is 0 Å². The van der Waals surface area contributed by atoms with Gasteiger partial charge in [0.1, 0.15) is 5.82 Å². The summed E-state index contributed by atoms with van der Waals surface area (Å²) < 4.78 is 13.5. The van der Waals surface area contributed by atoms with E-state index in [1.165, 1.54) is 6.07 Å². The van der Waals surface area contributed by atoms with Gasteiger partial charge in [0.05, 0.1) is 11.2 Å². The number of hydrogen-bond acceptors (Lipinski definition) is 2. The molecule has 0 aliphatic heterocycles. The fourth-order valence-corrected chi connectivity index (χ4v) is 1.62. The zero-order valence-corrected chi connectivity index (χ0v) is 11.7. The lowest BCUT2D eigenvalue weighted by molar-refractivity contribution is -0.120. The molecule has 0 spiro atoms. The molecule has 1 amide bonds. The van der Waals surface area contributed by atoms with Gasteiger partial charge in [0.2, 0.25) is 5.91 Å². The van der Waals surface area contributed by atoms with Gasteiger partial charge in [-0.1, -0.05) is 19.4 Å². The topological polar surface area (TPSA) is 55.1 Å². The van der Waals surface area contributed by atoms with Crippen molar-refractivity contribution in [3.05, 3.63) is 29.6 Å². The van der Waals surface area contributed by atoms with Crippen molar-refractivity contribution in [1.29, 1.82) is 0 Å². The highest BCUT2D eigenvalue weighted by Gasteiger charge is 2.27. The van der Waals surface area contributed by atoms with Crippen molar-refractivity contribution < 1.29 is 9.18 Å². The fraction of sp³-hybridized carbons (Fsp3) is 0.462. The highest BCUT2D eigenvalue weighted by Crippen LogP contribution is 2.18. The van der Waals surface area contributed by atoms with Crippen LogP contribution in [-0.2, 0) is 4.79 Å². The van der Waals surface area contributed by atoms with E-state index in [2.05, 4.69) is 5.32 Å². The molecular formula is C13H20ClFN2O. The first-order valence-corrected chi connectivity index (χ1v) is 5.73. The summed E-state index contributed by atoms with van der Waals surface area (Å²) in [5.41, 5.74) is 5.88. The lowest BCUT2D eigenvalue weighted by Gasteiger charge is -2.23. The molecule has 102 valence electrons. The van der Waals surface area contributed by atoms with Crippen LogP contribution in [0.15, 0.2) is 18.2 Å². The highest BCUT2D eigenvalue weighted by atomic mass is 35.5. The molecule has 1 aromatic carbocycles. The number of halogens is 2. The minimum Gasteiger partial charge on any atom is -0.322 e. The van der Waals surface area contributed by atoms with Crippen LogP contribution in [0.2, 0.25) is 0 Å². The SMILES string of the molecule is CCCC(C)(N)C(=O)Nc1ccc(C)cc1F.Cl. The van der Waals surface area contributed by atoms with Crippen molar-refractivity contribution in [2.75, 3.05) is 5.32 Å². The van der Waals surface area contributed by atoms with Crippen molar-refractivity contribution in [2.45, 2.75) is 39.2 Å². The monoisotopic (exact) mass is 274 g/mol. The van der Waals surface area contributed by atoms with E-state index in [1.807, 2.05) is 6.92 Å². The van der Waals surface area contributed by atoms with Crippen LogP contribution in [-0.4, -0.2) is 11.4 Å². The standard InChI is InChI=1S/C13H19FN2O.ClH/c1-4-7-13(3,15)12(17)16-11-6-5-9(2)8-10(11)14;/h5-6,8H,4,7,15H2,1-3H3,(H,16,17);1H. The Labute approximate surface area is 113 Å². The predicted molar refractivity (Wildman–Crippen MR) is 74.5 cm³/mol. The second kappa shape index (κ2) is 6.71. The average Bonchev–Trinajstić information content (AvgIpc) is 2.22. The minimum atomic E-state index is -0.966. The summed E-state index contributed by atoms with van der Waals surface area (Å²) in [5.74, 6) is -0.798. The molecule has 5 heteroatoms. The van der Waals surface area contributed by atoms with Gasteiger partial charge in [-0.3, -0.25) is 4.79 Å². The van der Waals surface area contributed by atoms with Crippen LogP contribution in [0.5, 0.6) is 0 Å². The summed E-state index contributed by atoms with van der Waals surface area (Å²) in [6, 6.07) is 4.67. The molecule has 0 aliphatic rings. The van der Waals surface area contributed by atoms with Crippen LogP contribution in [0.1, 0.15) is 32.3 Å². The Hall–Kier alpha value is -1.13. The molecule has 0 heterocycles. The Morgan fingerprint density at radius 2 is 2.11 bits per heavy atom. The lowest BCUT2D eigenvalue weighted by Crippen LogP contribution is -2.48. The van der Waals surface area contributed by atoms with E-state index < -0.39 is 11.4 Å². The first kappa shape index (κ1) is 16.9. The smallest absolute Gasteiger partial charge is 0.244 e. The number of nitrogens with two attached hydrogens (primary N) is 1. The van der Waals surface area contributed by atoms with E-state index in [-0.39, 0.29) is 24.0 Å². The van der Waals surface area contributed by atoms with E-state index in [1.54, 1.807) is 26.0 Å². The van der Waals surface area contributed by atoms with Gasteiger partial charge in [-0.25, -0.2) is 4.39 Å². The molecule has 1 unspecified atom stereocenters. The Balaban J connectivity index is 0.00000289. The zero-order chi connectivity index (χ0) is 13.1. The van der Waals surface area contributed by atoms with Crippen molar-refractivity contribution >= 4 is 24.0 Å². The second-order valence-electron chi connectivity index (χ2n) is 4.60. The van der Waals surface area contributed by atoms with Crippen molar-refractivity contribution in [3.8, 4) is 0 Å². The maximum atomic E-state index is 13.5. The largest absolute Gasteiger partial charge is 0.322 e. The van der Waals surface area contributed by atoms with Crippen molar-refractivity contribution in [3.63, 3.8) is 0 Å². The summed E-state index contributed by atoms with van der Waals surface area (Å²) in [4.78, 5) is 11.9. The van der Waals surface area contributed by atoms with Gasteiger partial charge in [-0.15, -0.1) is 12.4 Å². The van der Waals surface area contributed by atoms with Gasteiger partial charge in [0.25, 0.3) is 0 Å². The van der Waals surface area contributed by atoms with Gasteiger partial charge in [-0.05, 0) is 38.0 Å². The van der Waals surface area contributed by atoms with Crippen LogP contribution >= 0.6 is 12.4 Å². The summed E-state index contributed by atoms with van der Waals surface area (Å²) in [6.45, 7) is 5.39. The molecule has 18 heavy (non-hydrogen) atoms. The Morgan fingerprint density at radius 1 is 1.50 bits per heavy atom. The number of amides is 1. The Bertz CT molecular complexity index is 421. The molecule has 3 nitrogen and oxygen atoms in total.